The summed E-state index contributed by atoms with van der Waals surface area (Å²) in [5.41, 5.74) is 0. The minimum Gasteiger partial charge on any atom is -0.497 e. The Balaban J connectivity index is 2.25. The van der Waals surface area contributed by atoms with Crippen molar-refractivity contribution < 1.29 is 23.8 Å². The lowest BCUT2D eigenvalue weighted by molar-refractivity contribution is -0.141. The van der Waals surface area contributed by atoms with Gasteiger partial charge in [-0.2, -0.15) is 0 Å². The second-order valence-corrected chi connectivity index (χ2v) is 3.93. The largest absolute Gasteiger partial charge is 0.497 e. The van der Waals surface area contributed by atoms with Crippen LogP contribution < -0.4 is 9.47 Å². The number of esters is 2. The van der Waals surface area contributed by atoms with Crippen LogP contribution in [0.15, 0.2) is 24.3 Å². The average molecular weight is 266 g/mol. The molecule has 1 rings (SSSR count). The molecule has 0 radical (unpaired) electrons. The molecule has 0 bridgehead atoms. The molecule has 0 amide bonds. The SMILES string of the molecule is COC(=O)CCCCC(=O)Oc1ccc(OC)cc1. The quantitative estimate of drug-likeness (QED) is 0.430. The van der Waals surface area contributed by atoms with Crippen LogP contribution in [0, 0.1) is 0 Å². The van der Waals surface area contributed by atoms with Gasteiger partial charge in [0.05, 0.1) is 14.2 Å². The molecule has 1 aromatic rings. The molecule has 104 valence electrons. The molecule has 0 fully saturated rings. The lowest BCUT2D eigenvalue weighted by atomic mass is 10.2. The summed E-state index contributed by atoms with van der Waals surface area (Å²) in [6.07, 6.45) is 1.82. The van der Waals surface area contributed by atoms with Crippen molar-refractivity contribution in [1.29, 1.82) is 0 Å². The highest BCUT2D eigenvalue weighted by molar-refractivity contribution is 5.72. The number of ether oxygens (including phenoxy) is 3. The van der Waals surface area contributed by atoms with Crippen molar-refractivity contribution in [3.8, 4) is 11.5 Å². The maximum atomic E-state index is 11.5. The second-order valence-electron chi connectivity index (χ2n) is 3.93. The van der Waals surface area contributed by atoms with Gasteiger partial charge in [0.15, 0.2) is 0 Å². The standard InChI is InChI=1S/C14H18O5/c1-17-11-7-9-12(10-8-11)19-14(16)6-4-3-5-13(15)18-2/h7-10H,3-6H2,1-2H3. The van der Waals surface area contributed by atoms with Gasteiger partial charge < -0.3 is 14.2 Å². The summed E-state index contributed by atoms with van der Waals surface area (Å²) >= 11 is 0. The van der Waals surface area contributed by atoms with Crippen LogP contribution in [0.1, 0.15) is 25.7 Å². The summed E-state index contributed by atoms with van der Waals surface area (Å²) in [5.74, 6) is 0.621. The summed E-state index contributed by atoms with van der Waals surface area (Å²) in [7, 11) is 2.92. The molecular formula is C14H18O5. The number of hydrogen-bond donors (Lipinski definition) is 0. The van der Waals surface area contributed by atoms with Crippen molar-refractivity contribution in [3.63, 3.8) is 0 Å². The van der Waals surface area contributed by atoms with Crippen LogP contribution in [0.3, 0.4) is 0 Å². The maximum absolute atomic E-state index is 11.5. The van der Waals surface area contributed by atoms with E-state index < -0.39 is 0 Å². The zero-order valence-electron chi connectivity index (χ0n) is 11.2. The fourth-order valence-electron chi connectivity index (χ4n) is 1.47. The first-order valence-electron chi connectivity index (χ1n) is 6.07. The van der Waals surface area contributed by atoms with Crippen LogP contribution in [0.2, 0.25) is 0 Å². The molecule has 0 atom stereocenters. The molecule has 1 aromatic carbocycles. The Morgan fingerprint density at radius 3 is 1.95 bits per heavy atom. The van der Waals surface area contributed by atoms with Gasteiger partial charge >= 0.3 is 11.9 Å². The van der Waals surface area contributed by atoms with E-state index in [1.54, 1.807) is 31.4 Å². The third kappa shape index (κ3) is 5.90. The molecule has 19 heavy (non-hydrogen) atoms. The van der Waals surface area contributed by atoms with Crippen molar-refractivity contribution in [2.45, 2.75) is 25.7 Å². The summed E-state index contributed by atoms with van der Waals surface area (Å²) in [5, 5.41) is 0. The Labute approximate surface area is 112 Å². The average Bonchev–Trinajstić information content (AvgIpc) is 2.44. The fraction of sp³-hybridized carbons (Fsp3) is 0.429. The second kappa shape index (κ2) is 8.13. The molecular weight excluding hydrogens is 248 g/mol. The van der Waals surface area contributed by atoms with E-state index >= 15 is 0 Å². The highest BCUT2D eigenvalue weighted by Crippen LogP contribution is 2.17. The highest BCUT2D eigenvalue weighted by Gasteiger charge is 2.06. The van der Waals surface area contributed by atoms with Gasteiger partial charge in [-0.1, -0.05) is 0 Å². The fourth-order valence-corrected chi connectivity index (χ4v) is 1.47. The molecule has 0 aliphatic carbocycles. The van der Waals surface area contributed by atoms with Crippen LogP contribution in [0.4, 0.5) is 0 Å². The Bertz CT molecular complexity index is 410. The van der Waals surface area contributed by atoms with Crippen LogP contribution in [0.25, 0.3) is 0 Å². The van der Waals surface area contributed by atoms with Gasteiger partial charge in [-0.25, -0.2) is 0 Å². The van der Waals surface area contributed by atoms with Crippen LogP contribution >= 0.6 is 0 Å². The molecule has 5 nitrogen and oxygen atoms in total. The number of rotatable bonds is 7. The molecule has 0 aliphatic heterocycles. The minimum absolute atomic E-state index is 0.261. The molecule has 0 saturated heterocycles. The lowest BCUT2D eigenvalue weighted by Gasteiger charge is -2.05. The summed E-state index contributed by atoms with van der Waals surface area (Å²) in [6.45, 7) is 0. The van der Waals surface area contributed by atoms with Gasteiger partial charge in [-0.05, 0) is 37.1 Å². The van der Waals surface area contributed by atoms with Crippen molar-refractivity contribution in [3.05, 3.63) is 24.3 Å². The number of carbonyl (C=O) groups is 2. The normalized spacial score (nSPS) is 9.79. The predicted octanol–water partition coefficient (Wildman–Crippen LogP) is 2.33. The molecule has 5 heteroatoms. The van der Waals surface area contributed by atoms with E-state index in [1.165, 1.54) is 7.11 Å². The summed E-state index contributed by atoms with van der Waals surface area (Å²) in [4.78, 5) is 22.4. The molecule has 0 aromatic heterocycles. The molecule has 0 N–H and O–H groups in total. The molecule has 0 aliphatic rings. The van der Waals surface area contributed by atoms with Crippen LogP contribution in [-0.2, 0) is 14.3 Å². The molecule has 0 saturated carbocycles. The van der Waals surface area contributed by atoms with Gasteiger partial charge in [0.1, 0.15) is 11.5 Å². The van der Waals surface area contributed by atoms with Crippen molar-refractivity contribution in [2.75, 3.05) is 14.2 Å². The number of carbonyl (C=O) groups excluding carboxylic acids is 2. The highest BCUT2D eigenvalue weighted by atomic mass is 16.5. The monoisotopic (exact) mass is 266 g/mol. The van der Waals surface area contributed by atoms with E-state index in [0.29, 0.717) is 30.8 Å². The van der Waals surface area contributed by atoms with Gasteiger partial charge in [-0.3, -0.25) is 9.59 Å². The predicted molar refractivity (Wildman–Crippen MR) is 69.1 cm³/mol. The van der Waals surface area contributed by atoms with Crippen molar-refractivity contribution in [2.24, 2.45) is 0 Å². The summed E-state index contributed by atoms with van der Waals surface area (Å²) < 4.78 is 14.6. The third-order valence-electron chi connectivity index (χ3n) is 2.53. The first-order valence-corrected chi connectivity index (χ1v) is 6.07. The van der Waals surface area contributed by atoms with Gasteiger partial charge in [0, 0.05) is 12.8 Å². The van der Waals surface area contributed by atoms with Crippen LogP contribution in [0.5, 0.6) is 11.5 Å². The number of hydrogen-bond acceptors (Lipinski definition) is 5. The van der Waals surface area contributed by atoms with E-state index in [9.17, 15) is 9.59 Å². The van der Waals surface area contributed by atoms with E-state index in [4.69, 9.17) is 9.47 Å². The number of benzene rings is 1. The Kier molecular flexibility index (Phi) is 6.43. The topological polar surface area (TPSA) is 61.8 Å². The zero-order valence-corrected chi connectivity index (χ0v) is 11.2. The van der Waals surface area contributed by atoms with Crippen molar-refractivity contribution >= 4 is 11.9 Å². The number of methoxy groups -OCH3 is 2. The number of unbranched alkanes of at least 4 members (excludes halogenated alkanes) is 1. The molecule has 0 heterocycles. The van der Waals surface area contributed by atoms with E-state index in [1.807, 2.05) is 0 Å². The first-order chi connectivity index (χ1) is 9.15. The van der Waals surface area contributed by atoms with Crippen LogP contribution in [-0.4, -0.2) is 26.2 Å². The Hall–Kier alpha value is -2.04. The molecule has 0 unspecified atom stereocenters. The lowest BCUT2D eigenvalue weighted by Crippen LogP contribution is -2.08. The molecule has 0 spiro atoms. The minimum atomic E-state index is -0.310. The first kappa shape index (κ1) is 15.0. The smallest absolute Gasteiger partial charge is 0.311 e. The summed E-state index contributed by atoms with van der Waals surface area (Å²) in [6, 6.07) is 6.79. The van der Waals surface area contributed by atoms with E-state index in [-0.39, 0.29) is 18.4 Å². The Morgan fingerprint density at radius 1 is 0.895 bits per heavy atom. The zero-order chi connectivity index (χ0) is 14.1. The van der Waals surface area contributed by atoms with Crippen molar-refractivity contribution in [1.82, 2.24) is 0 Å². The van der Waals surface area contributed by atoms with E-state index in [0.717, 1.165) is 0 Å². The Morgan fingerprint density at radius 2 is 1.42 bits per heavy atom. The van der Waals surface area contributed by atoms with Gasteiger partial charge in [-0.15, -0.1) is 0 Å². The van der Waals surface area contributed by atoms with E-state index in [2.05, 4.69) is 4.74 Å². The maximum Gasteiger partial charge on any atom is 0.311 e. The third-order valence-corrected chi connectivity index (χ3v) is 2.53. The van der Waals surface area contributed by atoms with Gasteiger partial charge in [0.2, 0.25) is 0 Å². The van der Waals surface area contributed by atoms with Gasteiger partial charge in [0.25, 0.3) is 0 Å².